The van der Waals surface area contributed by atoms with Gasteiger partial charge in [-0.3, -0.25) is 4.79 Å². The van der Waals surface area contributed by atoms with E-state index in [9.17, 15) is 4.79 Å². The van der Waals surface area contributed by atoms with Crippen LogP contribution in [0.4, 0.5) is 5.69 Å². The number of carbonyl (C=O) groups excluding carboxylic acids is 1. The highest BCUT2D eigenvalue weighted by molar-refractivity contribution is 6.44. The van der Waals surface area contributed by atoms with Crippen molar-refractivity contribution in [3.63, 3.8) is 0 Å². The average molecular weight is 299 g/mol. The molecule has 2 nitrogen and oxygen atoms in total. The van der Waals surface area contributed by atoms with Crippen molar-refractivity contribution in [3.8, 4) is 0 Å². The summed E-state index contributed by atoms with van der Waals surface area (Å²) in [6.07, 6.45) is 0.318. The Morgan fingerprint density at radius 3 is 2.31 bits per heavy atom. The van der Waals surface area contributed by atoms with E-state index in [2.05, 4.69) is 0 Å². The van der Waals surface area contributed by atoms with Crippen LogP contribution in [0, 0.1) is 0 Å². The zero-order valence-corrected chi connectivity index (χ0v) is 11.0. The molecule has 0 aromatic heterocycles. The van der Waals surface area contributed by atoms with Gasteiger partial charge in [0.05, 0.1) is 26.1 Å². The summed E-state index contributed by atoms with van der Waals surface area (Å²) in [5.74, 6) is -0.0553. The van der Waals surface area contributed by atoms with E-state index in [0.29, 0.717) is 33.7 Å². The van der Waals surface area contributed by atoms with Crippen molar-refractivity contribution in [1.82, 2.24) is 0 Å². The van der Waals surface area contributed by atoms with Gasteiger partial charge in [-0.1, -0.05) is 34.8 Å². The maximum absolute atomic E-state index is 11.6. The van der Waals surface area contributed by atoms with Gasteiger partial charge in [-0.15, -0.1) is 11.6 Å². The molecule has 1 unspecified atom stereocenters. The van der Waals surface area contributed by atoms with Gasteiger partial charge >= 0.3 is 0 Å². The lowest BCUT2D eigenvalue weighted by Gasteiger charge is -2.18. The molecule has 2 rings (SSSR count). The van der Waals surface area contributed by atoms with Crippen molar-refractivity contribution >= 4 is 58.0 Å². The van der Waals surface area contributed by atoms with Gasteiger partial charge in [0.25, 0.3) is 0 Å². The first-order valence-corrected chi connectivity index (χ1v) is 6.15. The molecule has 0 saturated carbocycles. The molecule has 0 spiro atoms. The molecule has 0 aliphatic carbocycles. The van der Waals surface area contributed by atoms with Crippen LogP contribution < -0.4 is 4.90 Å². The Hall–Kier alpha value is -0.150. The molecule has 86 valence electrons. The van der Waals surface area contributed by atoms with Gasteiger partial charge in [0.15, 0.2) is 0 Å². The fraction of sp³-hybridized carbons (Fsp3) is 0.300. The van der Waals surface area contributed by atoms with Crippen LogP contribution in [-0.4, -0.2) is 17.8 Å². The molecule has 1 atom stereocenters. The Kier molecular flexibility index (Phi) is 3.55. The van der Waals surface area contributed by atoms with Crippen molar-refractivity contribution in [3.05, 3.63) is 27.2 Å². The molecule has 0 radical (unpaired) electrons. The van der Waals surface area contributed by atoms with E-state index >= 15 is 0 Å². The summed E-state index contributed by atoms with van der Waals surface area (Å²) in [5.41, 5.74) is 0.559. The van der Waals surface area contributed by atoms with Crippen LogP contribution in [-0.2, 0) is 4.79 Å². The second kappa shape index (κ2) is 4.61. The van der Waals surface area contributed by atoms with Crippen molar-refractivity contribution in [1.29, 1.82) is 0 Å². The van der Waals surface area contributed by atoms with E-state index in [1.165, 1.54) is 11.0 Å². The molecule has 1 aliphatic heterocycles. The Balaban J connectivity index is 2.41. The molecule has 1 amide bonds. The van der Waals surface area contributed by atoms with Crippen LogP contribution in [0.3, 0.4) is 0 Å². The van der Waals surface area contributed by atoms with E-state index in [1.54, 1.807) is 6.07 Å². The van der Waals surface area contributed by atoms with Gasteiger partial charge < -0.3 is 4.90 Å². The zero-order valence-electron chi connectivity index (χ0n) is 8.01. The normalized spacial score (nSPS) is 20.6. The van der Waals surface area contributed by atoms with Gasteiger partial charge in [0.2, 0.25) is 5.91 Å². The molecule has 0 N–H and O–H groups in total. The van der Waals surface area contributed by atoms with Crippen molar-refractivity contribution in [2.75, 3.05) is 11.4 Å². The number of carbonyl (C=O) groups is 1. The Labute approximate surface area is 113 Å². The fourth-order valence-electron chi connectivity index (χ4n) is 1.62. The van der Waals surface area contributed by atoms with E-state index < -0.39 is 0 Å². The van der Waals surface area contributed by atoms with Crippen LogP contribution in [0.25, 0.3) is 0 Å². The van der Waals surface area contributed by atoms with Gasteiger partial charge in [-0.25, -0.2) is 0 Å². The molecular formula is C10H7Cl4NO. The Bertz CT molecular complexity index is 449. The van der Waals surface area contributed by atoms with Gasteiger partial charge in [-0.2, -0.15) is 0 Å². The number of amides is 1. The third kappa shape index (κ3) is 2.25. The predicted octanol–water partition coefficient (Wildman–Crippen LogP) is 3.99. The average Bonchev–Trinajstić information content (AvgIpc) is 2.51. The monoisotopic (exact) mass is 297 g/mol. The Morgan fingerprint density at radius 1 is 1.12 bits per heavy atom. The number of hydrogen-bond donors (Lipinski definition) is 0. The quantitative estimate of drug-likeness (QED) is 0.567. The molecule has 1 heterocycles. The third-order valence-electron chi connectivity index (χ3n) is 2.36. The highest BCUT2D eigenvalue weighted by atomic mass is 35.5. The molecule has 1 fully saturated rings. The summed E-state index contributed by atoms with van der Waals surface area (Å²) in [7, 11) is 0. The zero-order chi connectivity index (χ0) is 11.9. The number of nitrogens with zero attached hydrogens (tertiary/aromatic N) is 1. The first kappa shape index (κ1) is 12.3. The number of anilines is 1. The van der Waals surface area contributed by atoms with Crippen molar-refractivity contribution < 1.29 is 4.79 Å². The summed E-state index contributed by atoms with van der Waals surface area (Å²) >= 11 is 23.6. The SMILES string of the molecule is O=C1CC(Cl)CN1c1cc(Cl)c(Cl)cc1Cl. The molecule has 1 aliphatic rings. The minimum Gasteiger partial charge on any atom is -0.309 e. The van der Waals surface area contributed by atoms with E-state index in [1.807, 2.05) is 0 Å². The summed E-state index contributed by atoms with van der Waals surface area (Å²) in [6.45, 7) is 0.443. The van der Waals surface area contributed by atoms with Crippen molar-refractivity contribution in [2.24, 2.45) is 0 Å². The number of benzene rings is 1. The molecule has 1 aromatic rings. The minimum absolute atomic E-state index is 0.0553. The van der Waals surface area contributed by atoms with Crippen molar-refractivity contribution in [2.45, 2.75) is 11.8 Å². The maximum Gasteiger partial charge on any atom is 0.228 e. The molecule has 1 aromatic carbocycles. The fourth-order valence-corrected chi connectivity index (χ4v) is 2.53. The topological polar surface area (TPSA) is 20.3 Å². The lowest BCUT2D eigenvalue weighted by atomic mass is 10.3. The van der Waals surface area contributed by atoms with Gasteiger partial charge in [0.1, 0.15) is 0 Å². The van der Waals surface area contributed by atoms with E-state index in [0.717, 1.165) is 0 Å². The third-order valence-corrected chi connectivity index (χ3v) is 3.68. The number of alkyl halides is 1. The molecule has 0 bridgehead atoms. The van der Waals surface area contributed by atoms with E-state index in [-0.39, 0.29) is 11.3 Å². The molecule has 6 heteroatoms. The first-order chi connectivity index (χ1) is 7.49. The summed E-state index contributed by atoms with van der Waals surface area (Å²) in [4.78, 5) is 13.2. The lowest BCUT2D eigenvalue weighted by Crippen LogP contribution is -2.24. The second-order valence-corrected chi connectivity index (χ2v) is 5.36. The van der Waals surface area contributed by atoms with Gasteiger partial charge in [-0.05, 0) is 12.1 Å². The van der Waals surface area contributed by atoms with Crippen LogP contribution in [0.1, 0.15) is 6.42 Å². The lowest BCUT2D eigenvalue weighted by molar-refractivity contribution is -0.117. The van der Waals surface area contributed by atoms with Gasteiger partial charge in [0, 0.05) is 13.0 Å². The Morgan fingerprint density at radius 2 is 1.75 bits per heavy atom. The van der Waals surface area contributed by atoms with Crippen LogP contribution in [0.2, 0.25) is 15.1 Å². The summed E-state index contributed by atoms with van der Waals surface area (Å²) in [6, 6.07) is 3.11. The largest absolute Gasteiger partial charge is 0.309 e. The summed E-state index contributed by atoms with van der Waals surface area (Å²) in [5, 5.41) is 0.947. The highest BCUT2D eigenvalue weighted by Gasteiger charge is 2.30. The predicted molar refractivity (Wildman–Crippen MR) is 68.1 cm³/mol. The number of halogens is 4. The standard InChI is InChI=1S/C10H7Cl4NO/c11-5-1-10(16)15(4-5)9-3-7(13)6(12)2-8(9)14/h2-3,5H,1,4H2. The smallest absolute Gasteiger partial charge is 0.228 e. The number of hydrogen-bond acceptors (Lipinski definition) is 1. The first-order valence-electron chi connectivity index (χ1n) is 4.58. The maximum atomic E-state index is 11.6. The highest BCUT2D eigenvalue weighted by Crippen LogP contribution is 2.36. The molecular weight excluding hydrogens is 292 g/mol. The van der Waals surface area contributed by atoms with Crippen LogP contribution in [0.15, 0.2) is 12.1 Å². The van der Waals surface area contributed by atoms with Crippen LogP contribution >= 0.6 is 46.4 Å². The molecule has 16 heavy (non-hydrogen) atoms. The summed E-state index contributed by atoms with van der Waals surface area (Å²) < 4.78 is 0. The van der Waals surface area contributed by atoms with E-state index in [4.69, 9.17) is 46.4 Å². The molecule has 1 saturated heterocycles. The second-order valence-electron chi connectivity index (χ2n) is 3.52. The van der Waals surface area contributed by atoms with Crippen LogP contribution in [0.5, 0.6) is 0 Å². The number of rotatable bonds is 1. The minimum atomic E-state index is -0.182.